The summed E-state index contributed by atoms with van der Waals surface area (Å²) in [5.74, 6) is 0. The minimum Gasteiger partial charge on any atom is -0.207 e. The summed E-state index contributed by atoms with van der Waals surface area (Å²) < 4.78 is 28.0. The zero-order chi connectivity index (χ0) is 17.9. The molecule has 0 heterocycles. The van der Waals surface area contributed by atoms with Gasteiger partial charge in [0.05, 0.1) is 16.5 Å². The van der Waals surface area contributed by atoms with Crippen molar-refractivity contribution in [3.05, 3.63) is 64.7 Å². The van der Waals surface area contributed by atoms with E-state index >= 15 is 0 Å². The number of hydrogen-bond donors (Lipinski definition) is 0. The summed E-state index contributed by atoms with van der Waals surface area (Å²) in [5.41, 5.74) is 1.44. The first kappa shape index (κ1) is 17.9. The minimum absolute atomic E-state index is 0.0105. The van der Waals surface area contributed by atoms with E-state index in [0.717, 1.165) is 31.2 Å². The molecule has 1 aliphatic carbocycles. The van der Waals surface area contributed by atoms with Gasteiger partial charge < -0.3 is 0 Å². The van der Waals surface area contributed by atoms with Crippen molar-refractivity contribution >= 4 is 21.6 Å². The molecule has 6 heteroatoms. The van der Waals surface area contributed by atoms with Crippen LogP contribution in [0.1, 0.15) is 36.8 Å². The maximum atomic E-state index is 13.2. The fourth-order valence-electron chi connectivity index (χ4n) is 3.21. The lowest BCUT2D eigenvalue weighted by Gasteiger charge is -2.28. The Morgan fingerprint density at radius 2 is 1.64 bits per heavy atom. The summed E-state index contributed by atoms with van der Waals surface area (Å²) in [7, 11) is -3.61. The van der Waals surface area contributed by atoms with Gasteiger partial charge in [0.15, 0.2) is 0 Å². The zero-order valence-corrected chi connectivity index (χ0v) is 15.3. The highest BCUT2D eigenvalue weighted by Gasteiger charge is 2.33. The molecule has 130 valence electrons. The molecule has 25 heavy (non-hydrogen) atoms. The van der Waals surface area contributed by atoms with Gasteiger partial charge in [-0.1, -0.05) is 36.6 Å². The van der Waals surface area contributed by atoms with Gasteiger partial charge in [-0.15, -0.1) is 0 Å². The van der Waals surface area contributed by atoms with Crippen LogP contribution in [0.2, 0.25) is 5.02 Å². The van der Waals surface area contributed by atoms with Crippen LogP contribution in [-0.4, -0.2) is 18.8 Å². The Morgan fingerprint density at radius 1 is 1.04 bits per heavy atom. The molecule has 0 aliphatic heterocycles. The third-order valence-electron chi connectivity index (χ3n) is 4.57. The highest BCUT2D eigenvalue weighted by atomic mass is 35.5. The summed E-state index contributed by atoms with van der Waals surface area (Å²) in [6.07, 6.45) is 3.85. The molecule has 1 aliphatic rings. The van der Waals surface area contributed by atoms with Crippen molar-refractivity contribution in [2.24, 2.45) is 0 Å². The Morgan fingerprint density at radius 3 is 2.20 bits per heavy atom. The van der Waals surface area contributed by atoms with Gasteiger partial charge in [-0.2, -0.15) is 9.57 Å². The molecular weight excluding hydrogens is 356 g/mol. The largest absolute Gasteiger partial charge is 0.243 e. The minimum atomic E-state index is -3.61. The van der Waals surface area contributed by atoms with E-state index in [9.17, 15) is 8.42 Å². The number of benzene rings is 2. The van der Waals surface area contributed by atoms with Crippen LogP contribution in [0.25, 0.3) is 0 Å². The molecule has 0 radical (unpaired) electrons. The highest BCUT2D eigenvalue weighted by molar-refractivity contribution is 7.89. The molecule has 0 spiro atoms. The first-order chi connectivity index (χ1) is 12.0. The average Bonchev–Trinajstić information content (AvgIpc) is 3.14. The summed E-state index contributed by atoms with van der Waals surface area (Å²) in [4.78, 5) is 0.262. The molecule has 0 saturated heterocycles. The maximum absolute atomic E-state index is 13.2. The van der Waals surface area contributed by atoms with Crippen LogP contribution in [-0.2, 0) is 16.6 Å². The molecule has 0 amide bonds. The standard InChI is InChI=1S/C19H19ClN2O2S/c20-17-9-11-19(12-10-17)25(23,24)22(18-3-1-2-4-18)14-16-7-5-15(13-21)6-8-16/h5-12,18H,1-4,14H2. The monoisotopic (exact) mass is 374 g/mol. The van der Waals surface area contributed by atoms with Gasteiger partial charge in [0.2, 0.25) is 10.0 Å². The highest BCUT2D eigenvalue weighted by Crippen LogP contribution is 2.30. The van der Waals surface area contributed by atoms with E-state index < -0.39 is 10.0 Å². The molecule has 1 fully saturated rings. The SMILES string of the molecule is N#Cc1ccc(CN(C2CCCC2)S(=O)(=O)c2ccc(Cl)cc2)cc1. The number of hydrogen-bond acceptors (Lipinski definition) is 3. The third-order valence-corrected chi connectivity index (χ3v) is 6.74. The number of halogens is 1. The third kappa shape index (κ3) is 4.04. The molecule has 0 unspecified atom stereocenters. The first-order valence-electron chi connectivity index (χ1n) is 8.27. The van der Waals surface area contributed by atoms with Gasteiger partial charge in [-0.25, -0.2) is 8.42 Å². The van der Waals surface area contributed by atoms with Crippen LogP contribution in [0.4, 0.5) is 0 Å². The quantitative estimate of drug-likeness (QED) is 0.781. The van der Waals surface area contributed by atoms with Crippen molar-refractivity contribution < 1.29 is 8.42 Å². The first-order valence-corrected chi connectivity index (χ1v) is 10.1. The summed E-state index contributed by atoms with van der Waals surface area (Å²) in [5, 5.41) is 9.43. The van der Waals surface area contributed by atoms with Crippen molar-refractivity contribution in [3.8, 4) is 6.07 Å². The summed E-state index contributed by atoms with van der Waals surface area (Å²) >= 11 is 5.89. The fourth-order valence-corrected chi connectivity index (χ4v) is 5.01. The van der Waals surface area contributed by atoms with Crippen LogP contribution in [0.3, 0.4) is 0 Å². The normalized spacial score (nSPS) is 15.4. The van der Waals surface area contributed by atoms with E-state index in [-0.39, 0.29) is 10.9 Å². The van der Waals surface area contributed by atoms with Gasteiger partial charge in [-0.05, 0) is 54.8 Å². The molecule has 0 bridgehead atoms. The molecule has 3 rings (SSSR count). The lowest BCUT2D eigenvalue weighted by molar-refractivity contribution is 0.316. The van der Waals surface area contributed by atoms with Gasteiger partial charge in [0.1, 0.15) is 0 Å². The lowest BCUT2D eigenvalue weighted by Crippen LogP contribution is -2.38. The molecule has 0 atom stereocenters. The van der Waals surface area contributed by atoms with Crippen molar-refractivity contribution in [1.29, 1.82) is 5.26 Å². The van der Waals surface area contributed by atoms with Crippen molar-refractivity contribution in [2.75, 3.05) is 0 Å². The van der Waals surface area contributed by atoms with Crippen LogP contribution in [0, 0.1) is 11.3 Å². The second kappa shape index (κ2) is 7.57. The van der Waals surface area contributed by atoms with Gasteiger partial charge in [0, 0.05) is 17.6 Å². The Hall–Kier alpha value is -1.87. The van der Waals surface area contributed by atoms with Crippen molar-refractivity contribution in [2.45, 2.75) is 43.2 Å². The Balaban J connectivity index is 1.93. The molecule has 1 saturated carbocycles. The van der Waals surface area contributed by atoms with Gasteiger partial charge in [-0.3, -0.25) is 0 Å². The van der Waals surface area contributed by atoms with Crippen molar-refractivity contribution in [1.82, 2.24) is 4.31 Å². The van der Waals surface area contributed by atoms with E-state index in [0.29, 0.717) is 17.1 Å². The van der Waals surface area contributed by atoms with Gasteiger partial charge in [0.25, 0.3) is 0 Å². The molecular formula is C19H19ClN2O2S. The van der Waals surface area contributed by atoms with E-state index in [1.165, 1.54) is 0 Å². The predicted molar refractivity (Wildman–Crippen MR) is 97.6 cm³/mol. The van der Waals surface area contributed by atoms with E-state index in [1.54, 1.807) is 40.7 Å². The van der Waals surface area contributed by atoms with Crippen molar-refractivity contribution in [3.63, 3.8) is 0 Å². The Kier molecular flexibility index (Phi) is 5.43. The van der Waals surface area contributed by atoms with E-state index in [1.807, 2.05) is 12.1 Å². The Labute approximate surface area is 153 Å². The maximum Gasteiger partial charge on any atom is 0.243 e. The van der Waals surface area contributed by atoms with E-state index in [4.69, 9.17) is 16.9 Å². The number of nitrogens with zero attached hydrogens (tertiary/aromatic N) is 2. The predicted octanol–water partition coefficient (Wildman–Crippen LogP) is 4.35. The van der Waals surface area contributed by atoms with Crippen LogP contribution in [0.15, 0.2) is 53.4 Å². The fraction of sp³-hybridized carbons (Fsp3) is 0.316. The molecule has 0 aromatic heterocycles. The van der Waals surface area contributed by atoms with Crippen LogP contribution >= 0.6 is 11.6 Å². The summed E-state index contributed by atoms with van der Waals surface area (Å²) in [6.45, 7) is 0.307. The topological polar surface area (TPSA) is 61.2 Å². The number of rotatable bonds is 5. The average molecular weight is 375 g/mol. The Bertz CT molecular complexity index is 865. The van der Waals surface area contributed by atoms with Crippen LogP contribution in [0.5, 0.6) is 0 Å². The number of nitriles is 1. The second-order valence-electron chi connectivity index (χ2n) is 6.25. The molecule has 0 N–H and O–H groups in total. The molecule has 4 nitrogen and oxygen atoms in total. The second-order valence-corrected chi connectivity index (χ2v) is 8.58. The van der Waals surface area contributed by atoms with Crippen LogP contribution < -0.4 is 0 Å². The number of sulfonamides is 1. The molecule has 2 aromatic rings. The van der Waals surface area contributed by atoms with Gasteiger partial charge >= 0.3 is 0 Å². The lowest BCUT2D eigenvalue weighted by atomic mass is 10.1. The van der Waals surface area contributed by atoms with E-state index in [2.05, 4.69) is 6.07 Å². The summed E-state index contributed by atoms with van der Waals surface area (Å²) in [6, 6.07) is 15.5. The smallest absolute Gasteiger partial charge is 0.207 e. The zero-order valence-electron chi connectivity index (χ0n) is 13.7. The molecule has 2 aromatic carbocycles.